The topological polar surface area (TPSA) is 93.7 Å². The average Bonchev–Trinajstić information content (AvgIpc) is 2.67. The minimum Gasteiger partial charge on any atom is -0.496 e. The molecular weight excluding hydrogens is 360 g/mol. The second kappa shape index (κ2) is 10.7. The van der Waals surface area contributed by atoms with E-state index >= 15 is 0 Å². The zero-order chi connectivity index (χ0) is 20.4. The molecule has 0 radical (unpaired) electrons. The predicted octanol–water partition coefficient (Wildman–Crippen LogP) is 2.10. The number of esters is 1. The summed E-state index contributed by atoms with van der Waals surface area (Å²) in [7, 11) is 1.57. The molecule has 0 unspecified atom stereocenters. The molecule has 7 heteroatoms. The standard InChI is InChI=1S/C21H24N2O5/c1-15(24)28-18-9-5-8-17(13-18)21(26)23-12-6-11-22-20(25)14-16-7-3-4-10-19(16)27-2/h3-5,7-10,13H,6,11-12,14H2,1-2H3,(H,22,25)(H,23,26). The summed E-state index contributed by atoms with van der Waals surface area (Å²) in [5.74, 6) is 0.185. The summed E-state index contributed by atoms with van der Waals surface area (Å²) in [4.78, 5) is 35.1. The first-order valence-electron chi connectivity index (χ1n) is 8.95. The summed E-state index contributed by atoms with van der Waals surface area (Å²) in [5.41, 5.74) is 1.22. The van der Waals surface area contributed by atoms with E-state index in [-0.39, 0.29) is 18.2 Å². The Morgan fingerprint density at radius 1 is 0.964 bits per heavy atom. The van der Waals surface area contributed by atoms with Crippen LogP contribution in [0.5, 0.6) is 11.5 Å². The maximum Gasteiger partial charge on any atom is 0.308 e. The van der Waals surface area contributed by atoms with E-state index in [0.29, 0.717) is 36.6 Å². The van der Waals surface area contributed by atoms with Gasteiger partial charge in [-0.15, -0.1) is 0 Å². The normalized spacial score (nSPS) is 10.1. The van der Waals surface area contributed by atoms with Crippen LogP contribution in [-0.2, 0) is 16.0 Å². The third kappa shape index (κ3) is 6.75. The van der Waals surface area contributed by atoms with Gasteiger partial charge in [0.25, 0.3) is 5.91 Å². The highest BCUT2D eigenvalue weighted by molar-refractivity contribution is 5.94. The van der Waals surface area contributed by atoms with Gasteiger partial charge in [-0.25, -0.2) is 0 Å². The highest BCUT2D eigenvalue weighted by atomic mass is 16.5. The maximum absolute atomic E-state index is 12.1. The summed E-state index contributed by atoms with van der Waals surface area (Å²) < 4.78 is 10.2. The van der Waals surface area contributed by atoms with Gasteiger partial charge in [0, 0.05) is 31.1 Å². The van der Waals surface area contributed by atoms with Crippen LogP contribution in [0.1, 0.15) is 29.3 Å². The summed E-state index contributed by atoms with van der Waals surface area (Å²) in [6.07, 6.45) is 0.826. The fourth-order valence-electron chi connectivity index (χ4n) is 2.57. The third-order valence-electron chi connectivity index (χ3n) is 3.86. The van der Waals surface area contributed by atoms with E-state index in [1.54, 1.807) is 25.3 Å². The Bertz CT molecular complexity index is 835. The van der Waals surface area contributed by atoms with E-state index in [1.807, 2.05) is 24.3 Å². The van der Waals surface area contributed by atoms with Gasteiger partial charge in [-0.05, 0) is 30.7 Å². The van der Waals surface area contributed by atoms with Gasteiger partial charge in [-0.2, -0.15) is 0 Å². The molecule has 0 heterocycles. The second-order valence-corrected chi connectivity index (χ2v) is 6.07. The molecule has 2 N–H and O–H groups in total. The number of hydrogen-bond acceptors (Lipinski definition) is 5. The number of ether oxygens (including phenoxy) is 2. The minimum atomic E-state index is -0.443. The first-order valence-corrected chi connectivity index (χ1v) is 8.95. The molecule has 0 spiro atoms. The number of amides is 2. The molecule has 0 atom stereocenters. The molecular formula is C21H24N2O5. The van der Waals surface area contributed by atoms with Gasteiger partial charge < -0.3 is 20.1 Å². The quantitative estimate of drug-likeness (QED) is 0.392. The number of nitrogens with one attached hydrogen (secondary N) is 2. The van der Waals surface area contributed by atoms with Crippen LogP contribution in [0, 0.1) is 0 Å². The van der Waals surface area contributed by atoms with Gasteiger partial charge in [0.05, 0.1) is 13.5 Å². The molecule has 0 aliphatic rings. The molecule has 7 nitrogen and oxygen atoms in total. The highest BCUT2D eigenvalue weighted by Gasteiger charge is 2.09. The van der Waals surface area contributed by atoms with E-state index in [4.69, 9.17) is 9.47 Å². The number of methoxy groups -OCH3 is 1. The van der Waals surface area contributed by atoms with E-state index in [9.17, 15) is 14.4 Å². The average molecular weight is 384 g/mol. The number of benzene rings is 2. The molecule has 0 saturated carbocycles. The molecule has 28 heavy (non-hydrogen) atoms. The molecule has 148 valence electrons. The van der Waals surface area contributed by atoms with Crippen molar-refractivity contribution in [3.63, 3.8) is 0 Å². The van der Waals surface area contributed by atoms with Crippen molar-refractivity contribution in [3.05, 3.63) is 59.7 Å². The van der Waals surface area contributed by atoms with Crippen LogP contribution in [0.3, 0.4) is 0 Å². The van der Waals surface area contributed by atoms with Crippen LogP contribution >= 0.6 is 0 Å². The Labute approximate surface area is 164 Å². The van der Waals surface area contributed by atoms with Crippen LogP contribution in [0.25, 0.3) is 0 Å². The Balaban J connectivity index is 1.70. The summed E-state index contributed by atoms with van der Waals surface area (Å²) >= 11 is 0. The van der Waals surface area contributed by atoms with Gasteiger partial charge >= 0.3 is 5.97 Å². The lowest BCUT2D eigenvalue weighted by Gasteiger charge is -2.09. The molecule has 2 aromatic carbocycles. The smallest absolute Gasteiger partial charge is 0.308 e. The van der Waals surface area contributed by atoms with Gasteiger partial charge in [-0.1, -0.05) is 24.3 Å². The zero-order valence-electron chi connectivity index (χ0n) is 16.0. The molecule has 0 bridgehead atoms. The lowest BCUT2D eigenvalue weighted by Crippen LogP contribution is -2.30. The zero-order valence-corrected chi connectivity index (χ0v) is 16.0. The fraction of sp³-hybridized carbons (Fsp3) is 0.286. The van der Waals surface area contributed by atoms with E-state index in [2.05, 4.69) is 10.6 Å². The SMILES string of the molecule is COc1ccccc1CC(=O)NCCCNC(=O)c1cccc(OC(C)=O)c1. The number of carbonyl (C=O) groups is 3. The monoisotopic (exact) mass is 384 g/mol. The lowest BCUT2D eigenvalue weighted by molar-refractivity contribution is -0.131. The molecule has 0 fully saturated rings. The van der Waals surface area contributed by atoms with Crippen molar-refractivity contribution >= 4 is 17.8 Å². The minimum absolute atomic E-state index is 0.107. The Hall–Kier alpha value is -3.35. The molecule has 0 saturated heterocycles. The van der Waals surface area contributed by atoms with Crippen molar-refractivity contribution in [3.8, 4) is 11.5 Å². The van der Waals surface area contributed by atoms with Crippen molar-refractivity contribution in [2.24, 2.45) is 0 Å². The fourth-order valence-corrected chi connectivity index (χ4v) is 2.57. The highest BCUT2D eigenvalue weighted by Crippen LogP contribution is 2.17. The Morgan fingerprint density at radius 2 is 1.71 bits per heavy atom. The number of carbonyl (C=O) groups excluding carboxylic acids is 3. The summed E-state index contributed by atoms with van der Waals surface area (Å²) in [5, 5.41) is 5.59. The Kier molecular flexibility index (Phi) is 8.02. The van der Waals surface area contributed by atoms with Crippen molar-refractivity contribution in [1.29, 1.82) is 0 Å². The van der Waals surface area contributed by atoms with Crippen LogP contribution in [0.4, 0.5) is 0 Å². The summed E-state index contributed by atoms with van der Waals surface area (Å²) in [6, 6.07) is 13.8. The molecule has 0 aromatic heterocycles. The molecule has 2 amide bonds. The van der Waals surface area contributed by atoms with E-state index < -0.39 is 5.97 Å². The van der Waals surface area contributed by atoms with Crippen molar-refractivity contribution in [2.45, 2.75) is 19.8 Å². The lowest BCUT2D eigenvalue weighted by atomic mass is 10.1. The first-order chi connectivity index (χ1) is 13.5. The third-order valence-corrected chi connectivity index (χ3v) is 3.86. The predicted molar refractivity (Wildman–Crippen MR) is 104 cm³/mol. The number of rotatable bonds is 9. The van der Waals surface area contributed by atoms with Gasteiger partial charge in [0.2, 0.25) is 5.91 Å². The molecule has 0 aliphatic heterocycles. The summed E-state index contributed by atoms with van der Waals surface area (Å²) in [6.45, 7) is 2.15. The molecule has 2 aromatic rings. The van der Waals surface area contributed by atoms with Crippen LogP contribution < -0.4 is 20.1 Å². The first kappa shape index (κ1) is 21.0. The molecule has 0 aliphatic carbocycles. The molecule has 2 rings (SSSR count). The van der Waals surface area contributed by atoms with Crippen molar-refractivity contribution in [2.75, 3.05) is 20.2 Å². The maximum atomic E-state index is 12.1. The van der Waals surface area contributed by atoms with E-state index in [1.165, 1.54) is 13.0 Å². The Morgan fingerprint density at radius 3 is 2.46 bits per heavy atom. The van der Waals surface area contributed by atoms with Gasteiger partial charge in [0.15, 0.2) is 0 Å². The largest absolute Gasteiger partial charge is 0.496 e. The van der Waals surface area contributed by atoms with Crippen LogP contribution in [0.15, 0.2) is 48.5 Å². The van der Waals surface area contributed by atoms with Gasteiger partial charge in [0.1, 0.15) is 11.5 Å². The van der Waals surface area contributed by atoms with E-state index in [0.717, 1.165) is 5.56 Å². The van der Waals surface area contributed by atoms with Crippen molar-refractivity contribution < 1.29 is 23.9 Å². The number of hydrogen-bond donors (Lipinski definition) is 2. The second-order valence-electron chi connectivity index (χ2n) is 6.07. The van der Waals surface area contributed by atoms with Crippen LogP contribution in [-0.4, -0.2) is 38.0 Å². The van der Waals surface area contributed by atoms with Gasteiger partial charge in [-0.3, -0.25) is 14.4 Å². The van der Waals surface area contributed by atoms with Crippen LogP contribution in [0.2, 0.25) is 0 Å². The number of para-hydroxylation sites is 1. The van der Waals surface area contributed by atoms with Crippen molar-refractivity contribution in [1.82, 2.24) is 10.6 Å².